The maximum Gasteiger partial charge on any atom is 0.230 e. The second-order valence-electron chi connectivity index (χ2n) is 4.72. The van der Waals surface area contributed by atoms with Gasteiger partial charge in [-0.1, -0.05) is 18.2 Å². The number of amides is 1. The van der Waals surface area contributed by atoms with E-state index in [1.54, 1.807) is 6.20 Å². The molecule has 0 saturated heterocycles. The number of pyridine rings is 1. The summed E-state index contributed by atoms with van der Waals surface area (Å²) in [5, 5.41) is 6.00. The van der Waals surface area contributed by atoms with Crippen LogP contribution in [-0.4, -0.2) is 17.9 Å². The van der Waals surface area contributed by atoms with E-state index >= 15 is 0 Å². The molecule has 0 spiro atoms. The van der Waals surface area contributed by atoms with Gasteiger partial charge in [-0.3, -0.25) is 9.78 Å². The molecule has 1 amide bonds. The predicted molar refractivity (Wildman–Crippen MR) is 80.5 cm³/mol. The summed E-state index contributed by atoms with van der Waals surface area (Å²) in [7, 11) is 1.90. The number of nitrogens with one attached hydrogen (secondary N) is 2. The zero-order valence-corrected chi connectivity index (χ0v) is 11.8. The van der Waals surface area contributed by atoms with Gasteiger partial charge in [0.15, 0.2) is 0 Å². The second kappa shape index (κ2) is 6.82. The lowest BCUT2D eigenvalue weighted by Gasteiger charge is -2.08. The molecule has 0 saturated carbocycles. The van der Waals surface area contributed by atoms with Crippen LogP contribution in [0, 0.1) is 6.92 Å². The molecular formula is C16H19N3O. The number of hydrogen-bond donors (Lipinski definition) is 2. The van der Waals surface area contributed by atoms with Gasteiger partial charge in [-0.2, -0.15) is 0 Å². The fraction of sp³-hybridized carbons (Fsp3) is 0.250. The normalized spacial score (nSPS) is 10.3. The number of carbonyl (C=O) groups excluding carboxylic acids is 1. The SMILES string of the molecule is CNCc1cccc(NC(=O)Cc2ncccc2C)c1. The lowest BCUT2D eigenvalue weighted by atomic mass is 10.1. The minimum atomic E-state index is -0.0478. The molecule has 0 aliphatic rings. The van der Waals surface area contributed by atoms with Crippen LogP contribution in [0.5, 0.6) is 0 Å². The third-order valence-corrected chi connectivity index (χ3v) is 3.04. The van der Waals surface area contributed by atoms with Crippen molar-refractivity contribution < 1.29 is 4.79 Å². The van der Waals surface area contributed by atoms with Crippen molar-refractivity contribution in [2.45, 2.75) is 19.9 Å². The van der Waals surface area contributed by atoms with Gasteiger partial charge >= 0.3 is 0 Å². The highest BCUT2D eigenvalue weighted by molar-refractivity contribution is 5.92. The molecule has 0 atom stereocenters. The lowest BCUT2D eigenvalue weighted by molar-refractivity contribution is -0.115. The highest BCUT2D eigenvalue weighted by Crippen LogP contribution is 2.12. The lowest BCUT2D eigenvalue weighted by Crippen LogP contribution is -2.16. The van der Waals surface area contributed by atoms with Gasteiger partial charge in [0.25, 0.3) is 0 Å². The van der Waals surface area contributed by atoms with Gasteiger partial charge in [-0.15, -0.1) is 0 Å². The number of aromatic nitrogens is 1. The predicted octanol–water partition coefficient (Wildman–Crippen LogP) is 2.29. The largest absolute Gasteiger partial charge is 0.326 e. The summed E-state index contributed by atoms with van der Waals surface area (Å²) < 4.78 is 0. The Hall–Kier alpha value is -2.20. The quantitative estimate of drug-likeness (QED) is 0.875. The molecular weight excluding hydrogens is 250 g/mol. The highest BCUT2D eigenvalue weighted by Gasteiger charge is 2.07. The van der Waals surface area contributed by atoms with E-state index in [1.807, 2.05) is 50.4 Å². The first-order valence-corrected chi connectivity index (χ1v) is 6.63. The van der Waals surface area contributed by atoms with Crippen molar-refractivity contribution in [3.8, 4) is 0 Å². The van der Waals surface area contributed by atoms with Crippen molar-refractivity contribution in [3.63, 3.8) is 0 Å². The van der Waals surface area contributed by atoms with Crippen LogP contribution in [0.1, 0.15) is 16.8 Å². The van der Waals surface area contributed by atoms with Crippen molar-refractivity contribution in [1.29, 1.82) is 0 Å². The highest BCUT2D eigenvalue weighted by atomic mass is 16.1. The van der Waals surface area contributed by atoms with Crippen LogP contribution in [0.3, 0.4) is 0 Å². The third-order valence-electron chi connectivity index (χ3n) is 3.04. The minimum Gasteiger partial charge on any atom is -0.326 e. The van der Waals surface area contributed by atoms with E-state index in [-0.39, 0.29) is 5.91 Å². The number of nitrogens with zero attached hydrogens (tertiary/aromatic N) is 1. The molecule has 0 fully saturated rings. The van der Waals surface area contributed by atoms with E-state index in [1.165, 1.54) is 0 Å². The van der Waals surface area contributed by atoms with E-state index in [9.17, 15) is 4.79 Å². The monoisotopic (exact) mass is 269 g/mol. The van der Waals surface area contributed by atoms with Crippen LogP contribution in [0.4, 0.5) is 5.69 Å². The van der Waals surface area contributed by atoms with E-state index < -0.39 is 0 Å². The molecule has 0 aliphatic heterocycles. The topological polar surface area (TPSA) is 54.0 Å². The molecule has 1 heterocycles. The maximum atomic E-state index is 12.0. The molecule has 1 aromatic heterocycles. The Morgan fingerprint density at radius 2 is 2.10 bits per heavy atom. The van der Waals surface area contributed by atoms with Gasteiger partial charge in [-0.25, -0.2) is 0 Å². The fourth-order valence-electron chi connectivity index (χ4n) is 2.02. The van der Waals surface area contributed by atoms with Crippen LogP contribution in [-0.2, 0) is 17.8 Å². The molecule has 4 heteroatoms. The molecule has 20 heavy (non-hydrogen) atoms. The van der Waals surface area contributed by atoms with Crippen LogP contribution in [0.15, 0.2) is 42.6 Å². The van der Waals surface area contributed by atoms with Crippen LogP contribution < -0.4 is 10.6 Å². The minimum absolute atomic E-state index is 0.0478. The average Bonchev–Trinajstić information content (AvgIpc) is 2.42. The Bertz CT molecular complexity index is 596. The van der Waals surface area contributed by atoms with Crippen molar-refractivity contribution >= 4 is 11.6 Å². The third kappa shape index (κ3) is 3.90. The number of rotatable bonds is 5. The van der Waals surface area contributed by atoms with Gasteiger partial charge in [0.05, 0.1) is 12.1 Å². The van der Waals surface area contributed by atoms with E-state index in [2.05, 4.69) is 15.6 Å². The molecule has 0 aliphatic carbocycles. The summed E-state index contributed by atoms with van der Waals surface area (Å²) in [6.45, 7) is 2.74. The van der Waals surface area contributed by atoms with Crippen molar-refractivity contribution in [1.82, 2.24) is 10.3 Å². The van der Waals surface area contributed by atoms with Gasteiger partial charge < -0.3 is 10.6 Å². The molecule has 0 unspecified atom stereocenters. The first-order valence-electron chi connectivity index (χ1n) is 6.63. The van der Waals surface area contributed by atoms with Crippen LogP contribution in [0.25, 0.3) is 0 Å². The van der Waals surface area contributed by atoms with Gasteiger partial charge in [0.2, 0.25) is 5.91 Å². The maximum absolute atomic E-state index is 12.0. The summed E-state index contributed by atoms with van der Waals surface area (Å²) in [6, 6.07) is 11.7. The Balaban J connectivity index is 2.01. The van der Waals surface area contributed by atoms with Gasteiger partial charge in [0.1, 0.15) is 0 Å². The molecule has 104 valence electrons. The molecule has 2 N–H and O–H groups in total. The summed E-state index contributed by atoms with van der Waals surface area (Å²) in [6.07, 6.45) is 2.01. The smallest absolute Gasteiger partial charge is 0.230 e. The molecule has 1 aromatic carbocycles. The first-order chi connectivity index (χ1) is 9.69. The summed E-state index contributed by atoms with van der Waals surface area (Å²) in [5.74, 6) is -0.0478. The molecule has 0 bridgehead atoms. The Kier molecular flexibility index (Phi) is 4.85. The number of anilines is 1. The molecule has 4 nitrogen and oxygen atoms in total. The van der Waals surface area contributed by atoms with Crippen LogP contribution >= 0.6 is 0 Å². The molecule has 0 radical (unpaired) electrons. The summed E-state index contributed by atoms with van der Waals surface area (Å²) in [5.41, 5.74) is 3.80. The zero-order chi connectivity index (χ0) is 14.4. The van der Waals surface area contributed by atoms with E-state index in [0.29, 0.717) is 6.42 Å². The number of hydrogen-bond acceptors (Lipinski definition) is 3. The van der Waals surface area contributed by atoms with Crippen molar-refractivity contribution in [2.24, 2.45) is 0 Å². The zero-order valence-electron chi connectivity index (χ0n) is 11.8. The standard InChI is InChI=1S/C16H19N3O/c1-12-5-4-8-18-15(12)10-16(20)19-14-7-3-6-13(9-14)11-17-2/h3-9,17H,10-11H2,1-2H3,(H,19,20). The Morgan fingerprint density at radius 1 is 1.25 bits per heavy atom. The average molecular weight is 269 g/mol. The molecule has 2 rings (SSSR count). The first kappa shape index (κ1) is 14.2. The summed E-state index contributed by atoms with van der Waals surface area (Å²) in [4.78, 5) is 16.3. The van der Waals surface area contributed by atoms with E-state index in [0.717, 1.165) is 29.1 Å². The second-order valence-corrected chi connectivity index (χ2v) is 4.72. The number of carbonyl (C=O) groups is 1. The molecule has 2 aromatic rings. The fourth-order valence-corrected chi connectivity index (χ4v) is 2.02. The van der Waals surface area contributed by atoms with Gasteiger partial charge in [0, 0.05) is 18.4 Å². The van der Waals surface area contributed by atoms with E-state index in [4.69, 9.17) is 0 Å². The Morgan fingerprint density at radius 3 is 2.85 bits per heavy atom. The number of benzene rings is 1. The Labute approximate surface area is 119 Å². The van der Waals surface area contributed by atoms with Crippen molar-refractivity contribution in [3.05, 3.63) is 59.4 Å². The van der Waals surface area contributed by atoms with Crippen LogP contribution in [0.2, 0.25) is 0 Å². The summed E-state index contributed by atoms with van der Waals surface area (Å²) >= 11 is 0. The van der Waals surface area contributed by atoms with Gasteiger partial charge in [-0.05, 0) is 43.3 Å². The number of aryl methyl sites for hydroxylation is 1. The van der Waals surface area contributed by atoms with Crippen molar-refractivity contribution in [2.75, 3.05) is 12.4 Å².